The Kier molecular flexibility index (Phi) is 2.97. The number of aromatic nitrogens is 2. The summed E-state index contributed by atoms with van der Waals surface area (Å²) >= 11 is 0. The summed E-state index contributed by atoms with van der Waals surface area (Å²) < 4.78 is 0. The third-order valence-corrected chi connectivity index (χ3v) is 3.47. The Balaban J connectivity index is 1.53. The number of nitrogens with zero attached hydrogens (tertiary/aromatic N) is 3. The summed E-state index contributed by atoms with van der Waals surface area (Å²) in [5.74, 6) is 1.88. The largest absolute Gasteiger partial charge is 0.358 e. The van der Waals surface area contributed by atoms with E-state index in [2.05, 4.69) is 39.6 Å². The molecule has 0 saturated heterocycles. The van der Waals surface area contributed by atoms with Crippen molar-refractivity contribution in [1.82, 2.24) is 15.5 Å². The first kappa shape index (κ1) is 11.0. The summed E-state index contributed by atoms with van der Waals surface area (Å²) in [6.07, 6.45) is 5.38. The predicted octanol–water partition coefficient (Wildman–Crippen LogP) is 1.57. The molecule has 1 aromatic rings. The topological polar surface area (TPSA) is 41.0 Å². The normalized spacial score (nSPS) is 19.4. The molecule has 0 atom stereocenters. The van der Waals surface area contributed by atoms with Gasteiger partial charge in [0.05, 0.1) is 5.69 Å². The summed E-state index contributed by atoms with van der Waals surface area (Å²) in [7, 11) is 2.10. The fraction of sp³-hybridized carbons (Fsp3) is 0.692. The quantitative estimate of drug-likeness (QED) is 0.808. The highest BCUT2D eigenvalue weighted by molar-refractivity contribution is 5.36. The molecule has 2 fully saturated rings. The van der Waals surface area contributed by atoms with Crippen molar-refractivity contribution < 1.29 is 0 Å². The molecule has 17 heavy (non-hydrogen) atoms. The highest BCUT2D eigenvalue weighted by Crippen LogP contribution is 2.30. The first-order chi connectivity index (χ1) is 8.31. The molecule has 0 unspecified atom stereocenters. The summed E-state index contributed by atoms with van der Waals surface area (Å²) in [5, 5.41) is 12.0. The predicted molar refractivity (Wildman–Crippen MR) is 67.9 cm³/mol. The van der Waals surface area contributed by atoms with E-state index in [1.165, 1.54) is 25.7 Å². The monoisotopic (exact) mass is 232 g/mol. The van der Waals surface area contributed by atoms with Crippen LogP contribution in [0.1, 0.15) is 31.4 Å². The van der Waals surface area contributed by atoms with Crippen LogP contribution in [0.4, 0.5) is 5.82 Å². The molecule has 1 N–H and O–H groups in total. The van der Waals surface area contributed by atoms with Crippen molar-refractivity contribution >= 4 is 5.82 Å². The average Bonchev–Trinajstić information content (AvgIpc) is 3.22. The van der Waals surface area contributed by atoms with Gasteiger partial charge in [-0.2, -0.15) is 5.10 Å². The van der Waals surface area contributed by atoms with Gasteiger partial charge in [-0.3, -0.25) is 0 Å². The highest BCUT2D eigenvalue weighted by atomic mass is 15.2. The van der Waals surface area contributed by atoms with Crippen LogP contribution in [-0.2, 0) is 6.54 Å². The SMILES string of the molecule is CN(CC1CC1)c1ccc(CNC2CC2)nn1. The van der Waals surface area contributed by atoms with Crippen molar-refractivity contribution in [3.8, 4) is 0 Å². The maximum atomic E-state index is 4.29. The van der Waals surface area contributed by atoms with Crippen molar-refractivity contribution in [3.05, 3.63) is 17.8 Å². The van der Waals surface area contributed by atoms with E-state index in [-0.39, 0.29) is 0 Å². The first-order valence-corrected chi connectivity index (χ1v) is 6.58. The first-order valence-electron chi connectivity index (χ1n) is 6.58. The highest BCUT2D eigenvalue weighted by Gasteiger charge is 2.23. The standard InChI is InChI=1S/C13H20N4/c1-17(9-10-2-3-10)13-7-6-12(15-16-13)8-14-11-4-5-11/h6-7,10-11,14H,2-5,8-9H2,1H3. The number of hydrogen-bond donors (Lipinski definition) is 1. The second-order valence-corrected chi connectivity index (χ2v) is 5.36. The van der Waals surface area contributed by atoms with Gasteiger partial charge in [0.15, 0.2) is 5.82 Å². The molecule has 4 nitrogen and oxygen atoms in total. The van der Waals surface area contributed by atoms with Crippen molar-refractivity contribution in [2.75, 3.05) is 18.5 Å². The number of hydrogen-bond acceptors (Lipinski definition) is 4. The fourth-order valence-corrected chi connectivity index (χ4v) is 1.97. The van der Waals surface area contributed by atoms with Gasteiger partial charge >= 0.3 is 0 Å². The van der Waals surface area contributed by atoms with Crippen LogP contribution in [0, 0.1) is 5.92 Å². The Morgan fingerprint density at radius 2 is 2.06 bits per heavy atom. The number of nitrogens with one attached hydrogen (secondary N) is 1. The molecule has 1 heterocycles. The van der Waals surface area contributed by atoms with E-state index < -0.39 is 0 Å². The van der Waals surface area contributed by atoms with Crippen LogP contribution in [0.2, 0.25) is 0 Å². The Morgan fingerprint density at radius 1 is 1.24 bits per heavy atom. The molecule has 0 spiro atoms. The van der Waals surface area contributed by atoms with Gasteiger partial charge in [0.1, 0.15) is 0 Å². The summed E-state index contributed by atoms with van der Waals surface area (Å²) in [6.45, 7) is 1.97. The van der Waals surface area contributed by atoms with E-state index in [1.807, 2.05) is 0 Å². The van der Waals surface area contributed by atoms with E-state index in [9.17, 15) is 0 Å². The third kappa shape index (κ3) is 3.16. The number of rotatable bonds is 6. The van der Waals surface area contributed by atoms with Gasteiger partial charge in [-0.05, 0) is 43.7 Å². The number of anilines is 1. The van der Waals surface area contributed by atoms with Crippen molar-refractivity contribution in [2.45, 2.75) is 38.3 Å². The zero-order valence-electron chi connectivity index (χ0n) is 10.4. The Morgan fingerprint density at radius 3 is 2.65 bits per heavy atom. The van der Waals surface area contributed by atoms with Crippen molar-refractivity contribution in [3.63, 3.8) is 0 Å². The van der Waals surface area contributed by atoms with Gasteiger partial charge < -0.3 is 10.2 Å². The van der Waals surface area contributed by atoms with Crippen molar-refractivity contribution in [2.24, 2.45) is 5.92 Å². The molecule has 2 aliphatic rings. The minimum absolute atomic E-state index is 0.731. The minimum atomic E-state index is 0.731. The Labute approximate surface area is 102 Å². The molecule has 4 heteroatoms. The van der Waals surface area contributed by atoms with Crippen molar-refractivity contribution in [1.29, 1.82) is 0 Å². The van der Waals surface area contributed by atoms with Gasteiger partial charge in [-0.15, -0.1) is 5.10 Å². The molecule has 1 aromatic heterocycles. The molecule has 3 rings (SSSR count). The lowest BCUT2D eigenvalue weighted by Crippen LogP contribution is -2.22. The maximum absolute atomic E-state index is 4.29. The van der Waals surface area contributed by atoms with Gasteiger partial charge in [-0.25, -0.2) is 0 Å². The molecular formula is C13H20N4. The van der Waals surface area contributed by atoms with Crippen LogP contribution in [-0.4, -0.2) is 29.8 Å². The molecule has 0 bridgehead atoms. The van der Waals surface area contributed by atoms with Crippen LogP contribution >= 0.6 is 0 Å². The fourth-order valence-electron chi connectivity index (χ4n) is 1.97. The molecule has 2 aliphatic carbocycles. The zero-order valence-corrected chi connectivity index (χ0v) is 10.4. The zero-order chi connectivity index (χ0) is 11.7. The van der Waals surface area contributed by atoms with Crippen LogP contribution in [0.5, 0.6) is 0 Å². The maximum Gasteiger partial charge on any atom is 0.150 e. The molecule has 2 saturated carbocycles. The summed E-state index contributed by atoms with van der Waals surface area (Å²) in [6, 6.07) is 4.90. The summed E-state index contributed by atoms with van der Waals surface area (Å²) in [5.41, 5.74) is 1.04. The van der Waals surface area contributed by atoms with Crippen LogP contribution < -0.4 is 10.2 Å². The smallest absolute Gasteiger partial charge is 0.150 e. The molecule has 0 aliphatic heterocycles. The van der Waals surface area contributed by atoms with Crippen LogP contribution in [0.15, 0.2) is 12.1 Å². The van der Waals surface area contributed by atoms with E-state index in [0.29, 0.717) is 0 Å². The van der Waals surface area contributed by atoms with Crippen LogP contribution in [0.3, 0.4) is 0 Å². The molecule has 0 aromatic carbocycles. The minimum Gasteiger partial charge on any atom is -0.358 e. The van der Waals surface area contributed by atoms with Crippen LogP contribution in [0.25, 0.3) is 0 Å². The van der Waals surface area contributed by atoms with Gasteiger partial charge in [0, 0.05) is 26.2 Å². The lowest BCUT2D eigenvalue weighted by molar-refractivity contribution is 0.663. The Bertz CT molecular complexity index is 368. The molecule has 0 amide bonds. The summed E-state index contributed by atoms with van der Waals surface area (Å²) in [4.78, 5) is 2.21. The third-order valence-electron chi connectivity index (χ3n) is 3.47. The molecule has 0 radical (unpaired) electrons. The Hall–Kier alpha value is -1.16. The average molecular weight is 232 g/mol. The van der Waals surface area contributed by atoms with E-state index in [1.54, 1.807) is 0 Å². The second kappa shape index (κ2) is 4.61. The van der Waals surface area contributed by atoms with Gasteiger partial charge in [0.2, 0.25) is 0 Å². The van der Waals surface area contributed by atoms with E-state index in [4.69, 9.17) is 0 Å². The van der Waals surface area contributed by atoms with Gasteiger partial charge in [0.25, 0.3) is 0 Å². The lowest BCUT2D eigenvalue weighted by atomic mass is 10.3. The van der Waals surface area contributed by atoms with Gasteiger partial charge in [-0.1, -0.05) is 0 Å². The molecular weight excluding hydrogens is 212 g/mol. The molecule has 92 valence electrons. The second-order valence-electron chi connectivity index (χ2n) is 5.36. The van der Waals surface area contributed by atoms with E-state index >= 15 is 0 Å². The lowest BCUT2D eigenvalue weighted by Gasteiger charge is -2.17. The van der Waals surface area contributed by atoms with E-state index in [0.717, 1.165) is 36.6 Å².